The maximum atomic E-state index is 11.2. The smallest absolute Gasteiger partial charge is 0.330 e. The predicted molar refractivity (Wildman–Crippen MR) is 116 cm³/mol. The minimum absolute atomic E-state index is 0.164. The van der Waals surface area contributed by atoms with E-state index in [0.717, 1.165) is 28.9 Å². The van der Waals surface area contributed by atoms with Crippen molar-refractivity contribution in [2.24, 2.45) is 0 Å². The average Bonchev–Trinajstić information content (AvgIpc) is 3.40. The Hall–Kier alpha value is -3.36. The molecule has 0 radical (unpaired) electrons. The van der Waals surface area contributed by atoms with Crippen LogP contribution in [0.5, 0.6) is 0 Å². The number of esters is 1. The highest BCUT2D eigenvalue weighted by Gasteiger charge is 2.31. The van der Waals surface area contributed by atoms with E-state index in [1.165, 1.54) is 13.2 Å². The Morgan fingerprint density at radius 1 is 1.29 bits per heavy atom. The third kappa shape index (κ3) is 5.42. The first-order chi connectivity index (χ1) is 15.1. The molecule has 1 fully saturated rings. The summed E-state index contributed by atoms with van der Waals surface area (Å²) < 4.78 is 6.44. The lowest BCUT2D eigenvalue weighted by Gasteiger charge is -2.24. The Morgan fingerprint density at radius 2 is 2.13 bits per heavy atom. The van der Waals surface area contributed by atoms with Crippen LogP contribution in [0.25, 0.3) is 17.3 Å². The number of likely N-dealkylation sites (tertiary alicyclic amines) is 1. The minimum Gasteiger partial charge on any atom is -0.466 e. The molecule has 3 heterocycles. The molecule has 1 saturated heterocycles. The number of methoxy groups -OCH3 is 1. The van der Waals surface area contributed by atoms with Crippen LogP contribution >= 0.6 is 0 Å². The summed E-state index contributed by atoms with van der Waals surface area (Å²) in [5.74, 6) is -0.377. The fourth-order valence-electron chi connectivity index (χ4n) is 3.79. The molecule has 31 heavy (non-hydrogen) atoms. The number of hydrogen-bond acceptors (Lipinski definition) is 7. The second kappa shape index (κ2) is 9.63. The number of β-amino-alcohol motifs (C(OH)–C–C–N with tert-alkyl or cyclic N) is 1. The molecule has 2 atom stereocenters. The van der Waals surface area contributed by atoms with Gasteiger partial charge in [-0.15, -0.1) is 5.10 Å². The second-order valence-electron chi connectivity index (χ2n) is 7.64. The van der Waals surface area contributed by atoms with Gasteiger partial charge in [0.05, 0.1) is 26.0 Å². The number of aromatic nitrogens is 4. The molecule has 1 aromatic carbocycles. The van der Waals surface area contributed by atoms with Crippen molar-refractivity contribution in [1.82, 2.24) is 24.9 Å². The Bertz CT molecular complexity index is 1030. The second-order valence-corrected chi connectivity index (χ2v) is 7.64. The quantitative estimate of drug-likeness (QED) is 0.463. The van der Waals surface area contributed by atoms with Gasteiger partial charge < -0.3 is 9.84 Å². The minimum atomic E-state index is -0.377. The van der Waals surface area contributed by atoms with E-state index in [4.69, 9.17) is 0 Å². The van der Waals surface area contributed by atoms with E-state index in [0.29, 0.717) is 19.5 Å². The number of rotatable bonds is 7. The summed E-state index contributed by atoms with van der Waals surface area (Å²) in [7, 11) is 1.36. The number of carbonyl (C=O) groups excluding carboxylic acids is 1. The van der Waals surface area contributed by atoms with E-state index in [-0.39, 0.29) is 18.1 Å². The summed E-state index contributed by atoms with van der Waals surface area (Å²) in [6.45, 7) is 2.01. The van der Waals surface area contributed by atoms with Gasteiger partial charge >= 0.3 is 5.97 Å². The molecule has 1 aliphatic heterocycles. The van der Waals surface area contributed by atoms with Gasteiger partial charge in [-0.25, -0.2) is 4.79 Å². The molecule has 160 valence electrons. The highest BCUT2D eigenvalue weighted by molar-refractivity contribution is 5.86. The van der Waals surface area contributed by atoms with Crippen molar-refractivity contribution in [2.45, 2.75) is 31.7 Å². The highest BCUT2D eigenvalue weighted by atomic mass is 16.5. The number of aliphatic hydroxyl groups is 1. The number of carbonyl (C=O) groups is 1. The lowest BCUT2D eigenvalue weighted by Crippen LogP contribution is -2.32. The van der Waals surface area contributed by atoms with Crippen molar-refractivity contribution in [3.05, 3.63) is 72.2 Å². The van der Waals surface area contributed by atoms with Crippen molar-refractivity contribution in [3.63, 3.8) is 0 Å². The molecule has 1 N–H and O–H groups in total. The SMILES string of the molecule is COC(=O)C=Cc1ccc(CN2CC(O)CC2Cn2cc(-c3cccnc3)nn2)cc1. The number of hydrogen-bond donors (Lipinski definition) is 1. The van der Waals surface area contributed by atoms with Gasteiger partial charge in [0.1, 0.15) is 5.69 Å². The molecule has 2 aromatic heterocycles. The number of aliphatic hydroxyl groups excluding tert-OH is 1. The molecule has 2 unspecified atom stereocenters. The van der Waals surface area contributed by atoms with Crippen LogP contribution in [-0.2, 0) is 22.6 Å². The number of benzene rings is 1. The Morgan fingerprint density at radius 3 is 2.87 bits per heavy atom. The van der Waals surface area contributed by atoms with Gasteiger partial charge in [-0.3, -0.25) is 14.6 Å². The molecule has 1 aliphatic rings. The average molecular weight is 419 g/mol. The summed E-state index contributed by atoms with van der Waals surface area (Å²) in [6.07, 6.45) is 8.89. The third-order valence-electron chi connectivity index (χ3n) is 5.38. The maximum absolute atomic E-state index is 11.2. The summed E-state index contributed by atoms with van der Waals surface area (Å²) in [5, 5.41) is 18.8. The summed E-state index contributed by atoms with van der Waals surface area (Å²) in [6, 6.07) is 12.0. The molecule has 0 amide bonds. The molecular formula is C23H25N5O3. The number of nitrogens with zero attached hydrogens (tertiary/aromatic N) is 5. The lowest BCUT2D eigenvalue weighted by atomic mass is 10.1. The molecule has 0 bridgehead atoms. The van der Waals surface area contributed by atoms with Crippen molar-refractivity contribution < 1.29 is 14.6 Å². The molecule has 3 aromatic rings. The molecule has 0 aliphatic carbocycles. The van der Waals surface area contributed by atoms with Crippen molar-refractivity contribution in [2.75, 3.05) is 13.7 Å². The molecule has 0 spiro atoms. The molecule has 8 nitrogen and oxygen atoms in total. The first kappa shape index (κ1) is 20.9. The standard InChI is InChI=1S/C23H25N5O3/c1-31-23(30)9-8-17-4-6-18(7-5-17)13-27-15-21(29)11-20(27)14-28-16-22(25-26-28)19-3-2-10-24-12-19/h2-10,12,16,20-21,29H,11,13-15H2,1H3. The predicted octanol–water partition coefficient (Wildman–Crippen LogP) is 2.16. The van der Waals surface area contributed by atoms with Crippen molar-refractivity contribution in [1.29, 1.82) is 0 Å². The van der Waals surface area contributed by atoms with Crippen LogP contribution in [-0.4, -0.2) is 61.8 Å². The van der Waals surface area contributed by atoms with Gasteiger partial charge in [-0.1, -0.05) is 29.5 Å². The van der Waals surface area contributed by atoms with E-state index in [1.54, 1.807) is 18.5 Å². The Balaban J connectivity index is 1.40. The first-order valence-electron chi connectivity index (χ1n) is 10.2. The van der Waals surface area contributed by atoms with Gasteiger partial charge in [0.2, 0.25) is 0 Å². The van der Waals surface area contributed by atoms with Crippen LogP contribution in [0.2, 0.25) is 0 Å². The van der Waals surface area contributed by atoms with Crippen LogP contribution in [0.3, 0.4) is 0 Å². The normalized spacial score (nSPS) is 19.2. The van der Waals surface area contributed by atoms with E-state index in [1.807, 2.05) is 47.3 Å². The van der Waals surface area contributed by atoms with Gasteiger partial charge in [-0.05, 0) is 35.8 Å². The van der Waals surface area contributed by atoms with Crippen LogP contribution < -0.4 is 0 Å². The van der Waals surface area contributed by atoms with Crippen LogP contribution in [0.1, 0.15) is 17.5 Å². The van der Waals surface area contributed by atoms with Gasteiger partial charge in [0, 0.05) is 43.2 Å². The highest BCUT2D eigenvalue weighted by Crippen LogP contribution is 2.23. The monoisotopic (exact) mass is 419 g/mol. The van der Waals surface area contributed by atoms with E-state index in [9.17, 15) is 9.90 Å². The number of pyridine rings is 1. The van der Waals surface area contributed by atoms with Gasteiger partial charge in [-0.2, -0.15) is 0 Å². The summed E-state index contributed by atoms with van der Waals surface area (Å²) in [5.41, 5.74) is 3.79. The Kier molecular flexibility index (Phi) is 6.49. The van der Waals surface area contributed by atoms with Crippen molar-refractivity contribution >= 4 is 12.0 Å². The van der Waals surface area contributed by atoms with Crippen LogP contribution in [0.15, 0.2) is 61.1 Å². The van der Waals surface area contributed by atoms with Crippen molar-refractivity contribution in [3.8, 4) is 11.3 Å². The zero-order chi connectivity index (χ0) is 21.6. The van der Waals surface area contributed by atoms with Gasteiger partial charge in [0.25, 0.3) is 0 Å². The first-order valence-corrected chi connectivity index (χ1v) is 10.2. The summed E-state index contributed by atoms with van der Waals surface area (Å²) >= 11 is 0. The Labute approximate surface area is 180 Å². The number of ether oxygens (including phenoxy) is 1. The zero-order valence-corrected chi connectivity index (χ0v) is 17.3. The van der Waals surface area contributed by atoms with Crippen LogP contribution in [0, 0.1) is 0 Å². The fourth-order valence-corrected chi connectivity index (χ4v) is 3.79. The molecule has 0 saturated carbocycles. The third-order valence-corrected chi connectivity index (χ3v) is 5.38. The van der Waals surface area contributed by atoms with E-state index in [2.05, 4.69) is 24.9 Å². The van der Waals surface area contributed by atoms with Gasteiger partial charge in [0.15, 0.2) is 0 Å². The fraction of sp³-hybridized carbons (Fsp3) is 0.304. The van der Waals surface area contributed by atoms with E-state index < -0.39 is 0 Å². The lowest BCUT2D eigenvalue weighted by molar-refractivity contribution is -0.134. The van der Waals surface area contributed by atoms with Crippen LogP contribution in [0.4, 0.5) is 0 Å². The largest absolute Gasteiger partial charge is 0.466 e. The maximum Gasteiger partial charge on any atom is 0.330 e. The molecular weight excluding hydrogens is 394 g/mol. The topological polar surface area (TPSA) is 93.4 Å². The zero-order valence-electron chi connectivity index (χ0n) is 17.3. The molecule has 4 rings (SSSR count). The van der Waals surface area contributed by atoms with E-state index >= 15 is 0 Å². The molecule has 8 heteroatoms. The summed E-state index contributed by atoms with van der Waals surface area (Å²) in [4.78, 5) is 17.6.